The molecule has 0 radical (unpaired) electrons. The van der Waals surface area contributed by atoms with Crippen LogP contribution in [0.5, 0.6) is 0 Å². The second kappa shape index (κ2) is 4.98. The number of aromatic nitrogens is 1. The van der Waals surface area contributed by atoms with Crippen LogP contribution in [0.25, 0.3) is 10.2 Å². The molecule has 0 atom stereocenters. The number of rotatable bonds is 3. The van der Waals surface area contributed by atoms with Crippen LogP contribution in [0.1, 0.15) is 16.3 Å². The lowest BCUT2D eigenvalue weighted by molar-refractivity contribution is -0.402. The summed E-state index contributed by atoms with van der Waals surface area (Å²) >= 11 is 1.40. The number of nitrogens with zero attached hydrogens (tertiary/aromatic N) is 3. The molecule has 1 aromatic carbocycles. The van der Waals surface area contributed by atoms with Gasteiger partial charge in [0.2, 0.25) is 0 Å². The van der Waals surface area contributed by atoms with Crippen molar-refractivity contribution < 1.29 is 9.34 Å². The maximum absolute atomic E-state index is 10.7. The molecule has 8 heteroatoms. The number of hydrogen-bond donors (Lipinski definition) is 1. The Morgan fingerprint density at radius 2 is 2.24 bits per heavy atom. The van der Waals surface area contributed by atoms with E-state index in [1.807, 2.05) is 25.1 Å². The van der Waals surface area contributed by atoms with E-state index in [1.165, 1.54) is 23.5 Å². The summed E-state index contributed by atoms with van der Waals surface area (Å²) in [6.07, 6.45) is 0. The molecule has 21 heavy (non-hydrogen) atoms. The molecule has 0 aliphatic heterocycles. The minimum Gasteiger partial charge on any atom is -0.399 e. The Morgan fingerprint density at radius 3 is 2.90 bits per heavy atom. The Labute approximate surface area is 122 Å². The van der Waals surface area contributed by atoms with Gasteiger partial charge in [-0.1, -0.05) is 6.07 Å². The molecule has 0 bridgehead atoms. The van der Waals surface area contributed by atoms with E-state index in [9.17, 15) is 10.1 Å². The SMILES string of the molecule is Cc1ccc2nc(C(=NN)c3ccc([N+](=O)[O-])o3)sc2c1. The number of benzene rings is 1. The van der Waals surface area contributed by atoms with Crippen molar-refractivity contribution in [3.63, 3.8) is 0 Å². The first-order valence-corrected chi connectivity index (χ1v) is 6.80. The van der Waals surface area contributed by atoms with E-state index in [0.29, 0.717) is 10.7 Å². The highest BCUT2D eigenvalue weighted by Crippen LogP contribution is 2.26. The monoisotopic (exact) mass is 302 g/mol. The first-order chi connectivity index (χ1) is 10.1. The van der Waals surface area contributed by atoms with Gasteiger partial charge >= 0.3 is 5.88 Å². The van der Waals surface area contributed by atoms with E-state index in [1.54, 1.807) is 0 Å². The van der Waals surface area contributed by atoms with E-state index in [-0.39, 0.29) is 11.6 Å². The fourth-order valence-corrected chi connectivity index (χ4v) is 2.98. The van der Waals surface area contributed by atoms with Gasteiger partial charge in [-0.15, -0.1) is 11.3 Å². The van der Waals surface area contributed by atoms with Gasteiger partial charge in [0.25, 0.3) is 0 Å². The van der Waals surface area contributed by atoms with Gasteiger partial charge in [0, 0.05) is 0 Å². The average molecular weight is 302 g/mol. The van der Waals surface area contributed by atoms with Gasteiger partial charge in [-0.05, 0) is 30.7 Å². The zero-order valence-corrected chi connectivity index (χ0v) is 11.8. The number of aryl methyl sites for hydroxylation is 1. The van der Waals surface area contributed by atoms with Gasteiger partial charge in [0.15, 0.2) is 11.5 Å². The Kier molecular flexibility index (Phi) is 3.15. The molecule has 106 valence electrons. The molecule has 0 aliphatic rings. The molecule has 0 amide bonds. The molecule has 0 aliphatic carbocycles. The second-order valence-electron chi connectivity index (χ2n) is 4.36. The fourth-order valence-electron chi connectivity index (χ4n) is 1.91. The average Bonchev–Trinajstić information content (AvgIpc) is 3.06. The Bertz CT molecular complexity index is 865. The summed E-state index contributed by atoms with van der Waals surface area (Å²) < 4.78 is 6.12. The van der Waals surface area contributed by atoms with Crippen molar-refractivity contribution in [1.82, 2.24) is 4.98 Å². The Morgan fingerprint density at radius 1 is 1.43 bits per heavy atom. The largest absolute Gasteiger partial charge is 0.433 e. The lowest BCUT2D eigenvalue weighted by atomic mass is 10.2. The highest BCUT2D eigenvalue weighted by atomic mass is 32.1. The molecular weight excluding hydrogens is 292 g/mol. The summed E-state index contributed by atoms with van der Waals surface area (Å²) in [4.78, 5) is 14.5. The van der Waals surface area contributed by atoms with Crippen molar-refractivity contribution in [3.8, 4) is 0 Å². The lowest BCUT2D eigenvalue weighted by Crippen LogP contribution is -2.04. The van der Waals surface area contributed by atoms with Gasteiger partial charge in [0.05, 0.1) is 16.3 Å². The molecule has 0 fully saturated rings. The third kappa shape index (κ3) is 2.36. The molecule has 7 nitrogen and oxygen atoms in total. The third-order valence-electron chi connectivity index (χ3n) is 2.88. The molecule has 0 saturated heterocycles. The topological polar surface area (TPSA) is 108 Å². The van der Waals surface area contributed by atoms with Gasteiger partial charge in [-0.25, -0.2) is 4.98 Å². The molecule has 0 saturated carbocycles. The van der Waals surface area contributed by atoms with Gasteiger partial charge in [0.1, 0.15) is 9.93 Å². The van der Waals surface area contributed by atoms with Crippen molar-refractivity contribution in [2.24, 2.45) is 10.9 Å². The molecule has 0 spiro atoms. The first kappa shape index (κ1) is 13.3. The predicted octanol–water partition coefficient (Wildman–Crippen LogP) is 2.82. The summed E-state index contributed by atoms with van der Waals surface area (Å²) in [6, 6.07) is 8.60. The standard InChI is InChI=1S/C13H10N4O3S/c1-7-2-3-8-10(6-7)21-13(15-8)12(16-14)9-4-5-11(20-9)17(18)19/h2-6H,14H2,1H3. The van der Waals surface area contributed by atoms with Crippen molar-refractivity contribution in [2.45, 2.75) is 6.92 Å². The third-order valence-corrected chi connectivity index (χ3v) is 3.91. The van der Waals surface area contributed by atoms with Crippen LogP contribution in [-0.2, 0) is 0 Å². The minimum absolute atomic E-state index is 0.222. The van der Waals surface area contributed by atoms with Crippen LogP contribution in [0.3, 0.4) is 0 Å². The highest BCUT2D eigenvalue weighted by molar-refractivity contribution is 7.20. The summed E-state index contributed by atoms with van der Waals surface area (Å²) in [5.74, 6) is 5.26. The Balaban J connectivity index is 2.07. The van der Waals surface area contributed by atoms with Crippen molar-refractivity contribution >= 4 is 33.1 Å². The lowest BCUT2D eigenvalue weighted by Gasteiger charge is -1.95. The maximum Gasteiger partial charge on any atom is 0.433 e. The number of thiazole rings is 1. The van der Waals surface area contributed by atoms with E-state index < -0.39 is 4.92 Å². The molecule has 2 N–H and O–H groups in total. The Hall–Kier alpha value is -2.74. The molecular formula is C13H10N4O3S. The summed E-state index contributed by atoms with van der Waals surface area (Å²) in [5, 5.41) is 14.9. The van der Waals surface area contributed by atoms with Crippen LogP contribution < -0.4 is 5.84 Å². The molecule has 0 unspecified atom stereocenters. The number of nitro groups is 1. The van der Waals surface area contributed by atoms with E-state index in [4.69, 9.17) is 10.3 Å². The van der Waals surface area contributed by atoms with Crippen molar-refractivity contribution in [1.29, 1.82) is 0 Å². The number of nitrogens with two attached hydrogens (primary N) is 1. The summed E-state index contributed by atoms with van der Waals surface area (Å²) in [6.45, 7) is 1.99. The van der Waals surface area contributed by atoms with Crippen molar-refractivity contribution in [3.05, 3.63) is 56.8 Å². The maximum atomic E-state index is 10.7. The van der Waals surface area contributed by atoms with Gasteiger partial charge in [-0.2, -0.15) is 5.10 Å². The zero-order chi connectivity index (χ0) is 15.0. The first-order valence-electron chi connectivity index (χ1n) is 5.98. The van der Waals surface area contributed by atoms with E-state index in [2.05, 4.69) is 10.1 Å². The summed E-state index contributed by atoms with van der Waals surface area (Å²) in [5.41, 5.74) is 2.24. The number of hydrazone groups is 1. The fraction of sp³-hybridized carbons (Fsp3) is 0.0769. The van der Waals surface area contributed by atoms with Gasteiger partial charge < -0.3 is 10.3 Å². The molecule has 3 aromatic rings. The normalized spacial score (nSPS) is 12.0. The predicted molar refractivity (Wildman–Crippen MR) is 79.5 cm³/mol. The van der Waals surface area contributed by atoms with Gasteiger partial charge in [-0.3, -0.25) is 10.1 Å². The quantitative estimate of drug-likeness (QED) is 0.346. The van der Waals surface area contributed by atoms with E-state index in [0.717, 1.165) is 15.8 Å². The smallest absolute Gasteiger partial charge is 0.399 e. The van der Waals surface area contributed by atoms with Crippen LogP contribution >= 0.6 is 11.3 Å². The number of hydrogen-bond acceptors (Lipinski definition) is 7. The molecule has 3 rings (SSSR count). The number of furan rings is 1. The van der Waals surface area contributed by atoms with Crippen LogP contribution in [-0.4, -0.2) is 15.6 Å². The van der Waals surface area contributed by atoms with Crippen LogP contribution in [0.2, 0.25) is 0 Å². The molecule has 2 aromatic heterocycles. The minimum atomic E-state index is -0.612. The number of fused-ring (bicyclic) bond motifs is 1. The highest BCUT2D eigenvalue weighted by Gasteiger charge is 2.20. The van der Waals surface area contributed by atoms with E-state index >= 15 is 0 Å². The zero-order valence-electron chi connectivity index (χ0n) is 10.9. The summed E-state index contributed by atoms with van der Waals surface area (Å²) in [7, 11) is 0. The molecule has 2 heterocycles. The van der Waals surface area contributed by atoms with Crippen LogP contribution in [0.15, 0.2) is 39.9 Å². The van der Waals surface area contributed by atoms with Crippen LogP contribution in [0, 0.1) is 17.0 Å². The second-order valence-corrected chi connectivity index (χ2v) is 5.39. The van der Waals surface area contributed by atoms with Crippen LogP contribution in [0.4, 0.5) is 5.88 Å². The van der Waals surface area contributed by atoms with Crippen molar-refractivity contribution in [2.75, 3.05) is 0 Å².